The van der Waals surface area contributed by atoms with Gasteiger partial charge in [0.1, 0.15) is 24.3 Å². The Morgan fingerprint density at radius 2 is 1.64 bits per heavy atom. The predicted octanol–water partition coefficient (Wildman–Crippen LogP) is 3.69. The summed E-state index contributed by atoms with van der Waals surface area (Å²) >= 11 is 0. The van der Waals surface area contributed by atoms with E-state index in [2.05, 4.69) is 42.7 Å². The topological polar surface area (TPSA) is 35.9 Å². The van der Waals surface area contributed by atoms with Crippen LogP contribution >= 0.6 is 0 Å². The van der Waals surface area contributed by atoms with Gasteiger partial charge in [-0.25, -0.2) is 4.39 Å². The molecule has 2 aromatic carbocycles. The molecule has 0 spiro atoms. The fourth-order valence-electron chi connectivity index (χ4n) is 3.47. The van der Waals surface area contributed by atoms with Gasteiger partial charge in [-0.3, -0.25) is 4.90 Å². The number of aliphatic hydroxyl groups is 1. The number of hydrogen-bond acceptors (Lipinski definition) is 4. The van der Waals surface area contributed by atoms with Gasteiger partial charge < -0.3 is 14.7 Å². The summed E-state index contributed by atoms with van der Waals surface area (Å²) in [5.74, 6) is 0.596. The summed E-state index contributed by atoms with van der Waals surface area (Å²) in [6.07, 6.45) is -0.553. The van der Waals surface area contributed by atoms with Gasteiger partial charge in [-0.15, -0.1) is 0 Å². The molecule has 0 aliphatic carbocycles. The van der Waals surface area contributed by atoms with E-state index in [0.717, 1.165) is 31.9 Å². The molecule has 152 valence electrons. The Hall–Kier alpha value is -2.11. The van der Waals surface area contributed by atoms with Crippen molar-refractivity contribution in [2.45, 2.75) is 32.3 Å². The van der Waals surface area contributed by atoms with Gasteiger partial charge in [-0.1, -0.05) is 45.0 Å². The standard InChI is InChI=1S/C23H31FN2O2/c1-23(2,3)18-8-10-20(11-9-18)28-17-19(27)16-25-12-14-26(15-13-25)22-7-5-4-6-21(22)24/h4-11,19,27H,12-17H2,1-3H3/t19-/m0/s1. The average Bonchev–Trinajstić information content (AvgIpc) is 2.67. The van der Waals surface area contributed by atoms with E-state index in [9.17, 15) is 9.50 Å². The van der Waals surface area contributed by atoms with Crippen LogP contribution in [0.25, 0.3) is 0 Å². The Labute approximate surface area is 167 Å². The van der Waals surface area contributed by atoms with E-state index in [-0.39, 0.29) is 17.8 Å². The highest BCUT2D eigenvalue weighted by atomic mass is 19.1. The number of ether oxygens (including phenoxy) is 1. The molecule has 1 aliphatic rings. The molecular formula is C23H31FN2O2. The molecular weight excluding hydrogens is 355 g/mol. The summed E-state index contributed by atoms with van der Waals surface area (Å²) in [6, 6.07) is 15.0. The van der Waals surface area contributed by atoms with Crippen LogP contribution in [-0.4, -0.2) is 55.4 Å². The van der Waals surface area contributed by atoms with Crippen molar-refractivity contribution in [3.05, 3.63) is 59.9 Å². The molecule has 2 aromatic rings. The van der Waals surface area contributed by atoms with Crippen LogP contribution in [0.15, 0.2) is 48.5 Å². The van der Waals surface area contributed by atoms with Gasteiger partial charge in [0, 0.05) is 32.7 Å². The second-order valence-corrected chi connectivity index (χ2v) is 8.48. The van der Waals surface area contributed by atoms with Gasteiger partial charge in [-0.05, 0) is 35.2 Å². The van der Waals surface area contributed by atoms with Crippen molar-refractivity contribution in [2.75, 3.05) is 44.2 Å². The number of anilines is 1. The lowest BCUT2D eigenvalue weighted by Crippen LogP contribution is -2.49. The van der Waals surface area contributed by atoms with Crippen LogP contribution in [0.2, 0.25) is 0 Å². The van der Waals surface area contributed by atoms with Crippen molar-refractivity contribution in [3.63, 3.8) is 0 Å². The van der Waals surface area contributed by atoms with Crippen LogP contribution in [0.5, 0.6) is 5.75 Å². The fraction of sp³-hybridized carbons (Fsp3) is 0.478. The number of halogens is 1. The van der Waals surface area contributed by atoms with E-state index >= 15 is 0 Å². The normalized spacial score (nSPS) is 16.8. The second-order valence-electron chi connectivity index (χ2n) is 8.48. The van der Waals surface area contributed by atoms with Gasteiger partial charge in [-0.2, -0.15) is 0 Å². The van der Waals surface area contributed by atoms with Crippen molar-refractivity contribution >= 4 is 5.69 Å². The van der Waals surface area contributed by atoms with Crippen LogP contribution in [0.3, 0.4) is 0 Å². The van der Waals surface area contributed by atoms with E-state index < -0.39 is 6.10 Å². The molecule has 0 amide bonds. The van der Waals surface area contributed by atoms with Crippen LogP contribution in [0.4, 0.5) is 10.1 Å². The smallest absolute Gasteiger partial charge is 0.146 e. The van der Waals surface area contributed by atoms with Crippen LogP contribution < -0.4 is 9.64 Å². The van der Waals surface area contributed by atoms with E-state index in [1.165, 1.54) is 11.6 Å². The molecule has 0 unspecified atom stereocenters. The lowest BCUT2D eigenvalue weighted by Gasteiger charge is -2.36. The first-order valence-electron chi connectivity index (χ1n) is 9.96. The predicted molar refractivity (Wildman–Crippen MR) is 112 cm³/mol. The first kappa shape index (κ1) is 20.6. The molecule has 0 bridgehead atoms. The zero-order valence-electron chi connectivity index (χ0n) is 17.1. The van der Waals surface area contributed by atoms with Crippen molar-refractivity contribution < 1.29 is 14.2 Å². The third kappa shape index (κ3) is 5.46. The Balaban J connectivity index is 1.42. The molecule has 28 heavy (non-hydrogen) atoms. The van der Waals surface area contributed by atoms with E-state index in [1.54, 1.807) is 6.07 Å². The number of piperazine rings is 1. The first-order valence-corrected chi connectivity index (χ1v) is 9.96. The van der Waals surface area contributed by atoms with Gasteiger partial charge in [0.15, 0.2) is 0 Å². The summed E-state index contributed by atoms with van der Waals surface area (Å²) in [5, 5.41) is 10.3. The van der Waals surface area contributed by atoms with Gasteiger partial charge >= 0.3 is 0 Å². The molecule has 0 saturated carbocycles. The maximum Gasteiger partial charge on any atom is 0.146 e. The minimum atomic E-state index is -0.553. The Kier molecular flexibility index (Phi) is 6.57. The summed E-state index contributed by atoms with van der Waals surface area (Å²) in [4.78, 5) is 4.26. The zero-order chi connectivity index (χ0) is 20.1. The van der Waals surface area contributed by atoms with Crippen LogP contribution in [-0.2, 0) is 5.41 Å². The molecule has 0 radical (unpaired) electrons. The maximum atomic E-state index is 13.9. The molecule has 1 saturated heterocycles. The number of para-hydroxylation sites is 1. The minimum Gasteiger partial charge on any atom is -0.491 e. The van der Waals surface area contributed by atoms with Crippen LogP contribution in [0, 0.1) is 5.82 Å². The molecule has 1 heterocycles. The van der Waals surface area contributed by atoms with Gasteiger partial charge in [0.05, 0.1) is 5.69 Å². The van der Waals surface area contributed by atoms with Crippen molar-refractivity contribution in [1.29, 1.82) is 0 Å². The molecule has 4 nitrogen and oxygen atoms in total. The highest BCUT2D eigenvalue weighted by Gasteiger charge is 2.21. The molecule has 1 fully saturated rings. The molecule has 1 atom stereocenters. The van der Waals surface area contributed by atoms with Crippen molar-refractivity contribution in [2.24, 2.45) is 0 Å². The van der Waals surface area contributed by atoms with E-state index in [4.69, 9.17) is 4.74 Å². The van der Waals surface area contributed by atoms with E-state index in [0.29, 0.717) is 12.2 Å². The summed E-state index contributed by atoms with van der Waals surface area (Å²) in [5.41, 5.74) is 2.03. The van der Waals surface area contributed by atoms with Gasteiger partial charge in [0.25, 0.3) is 0 Å². The Morgan fingerprint density at radius 3 is 2.25 bits per heavy atom. The minimum absolute atomic E-state index is 0.114. The fourth-order valence-corrected chi connectivity index (χ4v) is 3.47. The number of hydrogen-bond donors (Lipinski definition) is 1. The summed E-state index contributed by atoms with van der Waals surface area (Å²) in [6.45, 7) is 10.5. The summed E-state index contributed by atoms with van der Waals surface area (Å²) < 4.78 is 19.7. The quantitative estimate of drug-likeness (QED) is 0.822. The first-order chi connectivity index (χ1) is 13.3. The molecule has 1 N–H and O–H groups in total. The molecule has 5 heteroatoms. The highest BCUT2D eigenvalue weighted by molar-refractivity contribution is 5.48. The average molecular weight is 387 g/mol. The molecule has 0 aromatic heterocycles. The van der Waals surface area contributed by atoms with Crippen molar-refractivity contribution in [1.82, 2.24) is 4.90 Å². The number of aliphatic hydroxyl groups excluding tert-OH is 1. The summed E-state index contributed by atoms with van der Waals surface area (Å²) in [7, 11) is 0. The third-order valence-corrected chi connectivity index (χ3v) is 5.20. The molecule has 1 aliphatic heterocycles. The zero-order valence-corrected chi connectivity index (χ0v) is 17.1. The second kappa shape index (κ2) is 8.93. The Bertz CT molecular complexity index is 750. The van der Waals surface area contributed by atoms with Gasteiger partial charge in [0.2, 0.25) is 0 Å². The van der Waals surface area contributed by atoms with E-state index in [1.807, 2.05) is 24.3 Å². The molecule has 3 rings (SSSR count). The third-order valence-electron chi connectivity index (χ3n) is 5.20. The number of nitrogens with zero attached hydrogens (tertiary/aromatic N) is 2. The van der Waals surface area contributed by atoms with Crippen molar-refractivity contribution in [3.8, 4) is 5.75 Å². The number of benzene rings is 2. The van der Waals surface area contributed by atoms with Crippen LogP contribution in [0.1, 0.15) is 26.3 Å². The monoisotopic (exact) mass is 386 g/mol. The lowest BCUT2D eigenvalue weighted by atomic mass is 9.87. The number of β-amino-alcohol motifs (C(OH)–C–C–N with tert-alkyl or cyclic N) is 1. The maximum absolute atomic E-state index is 13.9. The Morgan fingerprint density at radius 1 is 1.00 bits per heavy atom. The lowest BCUT2D eigenvalue weighted by molar-refractivity contribution is 0.0662. The highest BCUT2D eigenvalue weighted by Crippen LogP contribution is 2.24. The largest absolute Gasteiger partial charge is 0.491 e. The number of rotatable bonds is 6. The SMILES string of the molecule is CC(C)(C)c1ccc(OC[C@@H](O)CN2CCN(c3ccccc3F)CC2)cc1.